The number of alkyl halides is 3. The second-order valence-corrected chi connectivity index (χ2v) is 2.86. The van der Waals surface area contributed by atoms with Gasteiger partial charge in [-0.3, -0.25) is 4.99 Å². The van der Waals surface area contributed by atoms with Crippen molar-refractivity contribution < 1.29 is 23.1 Å². The van der Waals surface area contributed by atoms with Crippen molar-refractivity contribution in [3.63, 3.8) is 0 Å². The molecule has 1 rings (SSSR count). The Hall–Kier alpha value is -1.59. The van der Waals surface area contributed by atoms with Crippen molar-refractivity contribution >= 4 is 11.7 Å². The Morgan fingerprint density at radius 1 is 1.40 bits per heavy atom. The zero-order chi connectivity index (χ0) is 11.5. The SMILES string of the molecule is O=C(O)C1=C/CC/C=C/N=C\1C(F)(F)F. The summed E-state index contributed by atoms with van der Waals surface area (Å²) in [4.78, 5) is 13.7. The second kappa shape index (κ2) is 4.29. The summed E-state index contributed by atoms with van der Waals surface area (Å²) in [5.74, 6) is -1.61. The topological polar surface area (TPSA) is 49.7 Å². The molecule has 1 heterocycles. The fourth-order valence-corrected chi connectivity index (χ4v) is 1.11. The molecule has 0 aromatic rings. The minimum Gasteiger partial charge on any atom is -0.478 e. The van der Waals surface area contributed by atoms with Gasteiger partial charge in [-0.1, -0.05) is 12.2 Å². The summed E-state index contributed by atoms with van der Waals surface area (Å²) in [6, 6.07) is 0. The second-order valence-electron chi connectivity index (χ2n) is 2.86. The van der Waals surface area contributed by atoms with Crippen molar-refractivity contribution in [1.29, 1.82) is 0 Å². The lowest BCUT2D eigenvalue weighted by molar-refractivity contribution is -0.132. The highest BCUT2D eigenvalue weighted by Gasteiger charge is 2.40. The van der Waals surface area contributed by atoms with Gasteiger partial charge in [-0.05, 0) is 12.8 Å². The number of carbonyl (C=O) groups is 1. The minimum atomic E-state index is -4.74. The lowest BCUT2D eigenvalue weighted by Gasteiger charge is -2.11. The van der Waals surface area contributed by atoms with E-state index < -0.39 is 23.4 Å². The summed E-state index contributed by atoms with van der Waals surface area (Å²) >= 11 is 0. The van der Waals surface area contributed by atoms with E-state index in [1.54, 1.807) is 0 Å². The van der Waals surface area contributed by atoms with Crippen molar-refractivity contribution in [3.8, 4) is 0 Å². The summed E-state index contributed by atoms with van der Waals surface area (Å²) in [7, 11) is 0. The van der Waals surface area contributed by atoms with E-state index >= 15 is 0 Å². The van der Waals surface area contributed by atoms with Crippen LogP contribution in [0.1, 0.15) is 12.8 Å². The van der Waals surface area contributed by atoms with Gasteiger partial charge in [0.2, 0.25) is 0 Å². The van der Waals surface area contributed by atoms with Gasteiger partial charge in [0.05, 0.1) is 5.57 Å². The number of aliphatic carboxylic acids is 1. The first-order valence-electron chi connectivity index (χ1n) is 4.16. The van der Waals surface area contributed by atoms with Gasteiger partial charge in [0.15, 0.2) is 5.71 Å². The summed E-state index contributed by atoms with van der Waals surface area (Å²) in [5.41, 5.74) is -2.14. The third-order valence-corrected chi connectivity index (χ3v) is 1.74. The number of rotatable bonds is 1. The summed E-state index contributed by atoms with van der Waals surface area (Å²) in [6.45, 7) is 0. The van der Waals surface area contributed by atoms with Gasteiger partial charge < -0.3 is 5.11 Å². The van der Waals surface area contributed by atoms with Crippen molar-refractivity contribution in [1.82, 2.24) is 0 Å². The van der Waals surface area contributed by atoms with Crippen LogP contribution in [0.5, 0.6) is 0 Å². The van der Waals surface area contributed by atoms with Crippen LogP contribution in [0.2, 0.25) is 0 Å². The van der Waals surface area contributed by atoms with Crippen LogP contribution in [0.15, 0.2) is 28.9 Å². The number of carboxylic acid groups (broad SMARTS) is 1. The average molecular weight is 219 g/mol. The maximum Gasteiger partial charge on any atom is 0.434 e. The van der Waals surface area contributed by atoms with Gasteiger partial charge in [0.25, 0.3) is 0 Å². The number of hydrogen-bond acceptors (Lipinski definition) is 2. The molecule has 1 aliphatic heterocycles. The number of hydrogen-bond donors (Lipinski definition) is 1. The molecule has 0 radical (unpaired) electrons. The summed E-state index contributed by atoms with van der Waals surface area (Å²) in [5, 5.41) is 8.62. The van der Waals surface area contributed by atoms with E-state index in [-0.39, 0.29) is 6.42 Å². The molecule has 0 atom stereocenters. The molecule has 0 aromatic carbocycles. The molecule has 0 saturated carbocycles. The molecule has 0 amide bonds. The van der Waals surface area contributed by atoms with E-state index in [2.05, 4.69) is 4.99 Å². The minimum absolute atomic E-state index is 0.257. The molecule has 1 N–H and O–H groups in total. The Balaban J connectivity index is 3.19. The highest BCUT2D eigenvalue weighted by Crippen LogP contribution is 2.24. The molecule has 0 spiro atoms. The first-order valence-corrected chi connectivity index (χ1v) is 4.16. The van der Waals surface area contributed by atoms with Crippen LogP contribution < -0.4 is 0 Å². The molecule has 82 valence electrons. The Kier molecular flexibility index (Phi) is 3.28. The van der Waals surface area contributed by atoms with Crippen LogP contribution in [0.3, 0.4) is 0 Å². The van der Waals surface area contributed by atoms with E-state index in [4.69, 9.17) is 5.11 Å². The predicted octanol–water partition coefficient (Wildman–Crippen LogP) is 2.31. The Labute approximate surface area is 83.6 Å². The fourth-order valence-electron chi connectivity index (χ4n) is 1.11. The van der Waals surface area contributed by atoms with Crippen LogP contribution in [0.4, 0.5) is 13.2 Å². The van der Waals surface area contributed by atoms with Gasteiger partial charge in [-0.25, -0.2) is 4.79 Å². The highest BCUT2D eigenvalue weighted by molar-refractivity contribution is 6.21. The van der Waals surface area contributed by atoms with Crippen molar-refractivity contribution in [2.24, 2.45) is 4.99 Å². The van der Waals surface area contributed by atoms with E-state index in [0.717, 1.165) is 12.3 Å². The van der Waals surface area contributed by atoms with Gasteiger partial charge in [-0.2, -0.15) is 13.2 Å². The van der Waals surface area contributed by atoms with Gasteiger partial charge in [-0.15, -0.1) is 0 Å². The summed E-state index contributed by atoms with van der Waals surface area (Å²) < 4.78 is 37.2. The molecule has 0 aliphatic carbocycles. The molecule has 1 aliphatic rings. The smallest absolute Gasteiger partial charge is 0.434 e. The molecule has 0 saturated heterocycles. The molecular weight excluding hydrogens is 211 g/mol. The Morgan fingerprint density at radius 3 is 2.60 bits per heavy atom. The number of allylic oxidation sites excluding steroid dienone is 2. The van der Waals surface area contributed by atoms with E-state index in [1.165, 1.54) is 6.08 Å². The molecule has 15 heavy (non-hydrogen) atoms. The Bertz CT molecular complexity index is 353. The highest BCUT2D eigenvalue weighted by atomic mass is 19.4. The molecule has 0 unspecified atom stereocenters. The van der Waals surface area contributed by atoms with Crippen LogP contribution in [-0.2, 0) is 4.79 Å². The first-order chi connectivity index (χ1) is 6.93. The molecule has 6 heteroatoms. The molecule has 0 aromatic heterocycles. The molecular formula is C9H8F3NO2. The van der Waals surface area contributed by atoms with E-state index in [0.29, 0.717) is 6.42 Å². The maximum atomic E-state index is 12.4. The third kappa shape index (κ3) is 2.93. The number of halogens is 3. The van der Waals surface area contributed by atoms with Crippen LogP contribution in [0, 0.1) is 0 Å². The summed E-state index contributed by atoms with van der Waals surface area (Å²) in [6.07, 6.45) is -0.525. The van der Waals surface area contributed by atoms with Crippen LogP contribution in [0.25, 0.3) is 0 Å². The first kappa shape index (κ1) is 11.5. The molecule has 0 fully saturated rings. The lowest BCUT2D eigenvalue weighted by Crippen LogP contribution is -2.28. The monoisotopic (exact) mass is 219 g/mol. The fraction of sp³-hybridized carbons (Fsp3) is 0.333. The van der Waals surface area contributed by atoms with Gasteiger partial charge >= 0.3 is 12.1 Å². The molecule has 3 nitrogen and oxygen atoms in total. The third-order valence-electron chi connectivity index (χ3n) is 1.74. The van der Waals surface area contributed by atoms with Gasteiger partial charge in [0.1, 0.15) is 0 Å². The normalized spacial score (nSPS) is 26.6. The van der Waals surface area contributed by atoms with E-state index in [1.807, 2.05) is 0 Å². The number of carboxylic acids is 1. The van der Waals surface area contributed by atoms with Crippen molar-refractivity contribution in [2.75, 3.05) is 0 Å². The maximum absolute atomic E-state index is 12.4. The standard InChI is InChI=1S/C9H8F3NO2/c10-9(11,12)7-6(8(14)15)4-2-1-3-5-13-7/h3-5H,1-2H2,(H,14,15)/b5-3+,6-4+,13-7+. The quantitative estimate of drug-likeness (QED) is 0.735. The predicted molar refractivity (Wildman–Crippen MR) is 47.6 cm³/mol. The number of aliphatic imine (C=N–C) groups is 1. The zero-order valence-electron chi connectivity index (χ0n) is 7.58. The van der Waals surface area contributed by atoms with E-state index in [9.17, 15) is 18.0 Å². The lowest BCUT2D eigenvalue weighted by atomic mass is 10.1. The zero-order valence-corrected chi connectivity index (χ0v) is 7.58. The molecule has 0 bridgehead atoms. The van der Waals surface area contributed by atoms with Crippen molar-refractivity contribution in [3.05, 3.63) is 23.9 Å². The van der Waals surface area contributed by atoms with Crippen LogP contribution >= 0.6 is 0 Å². The Morgan fingerprint density at radius 2 is 2.07 bits per heavy atom. The number of nitrogens with zero attached hydrogens (tertiary/aromatic N) is 1. The van der Waals surface area contributed by atoms with Crippen molar-refractivity contribution in [2.45, 2.75) is 19.0 Å². The van der Waals surface area contributed by atoms with Gasteiger partial charge in [0, 0.05) is 6.20 Å². The van der Waals surface area contributed by atoms with Crippen LogP contribution in [-0.4, -0.2) is 23.0 Å². The largest absolute Gasteiger partial charge is 0.478 e. The average Bonchev–Trinajstić information content (AvgIpc) is 1.99.